The number of nitrogens with one attached hydrogen (secondary N) is 1. The van der Waals surface area contributed by atoms with Gasteiger partial charge in [-0.25, -0.2) is 8.42 Å². The predicted molar refractivity (Wildman–Crippen MR) is 95.4 cm³/mol. The zero-order valence-corrected chi connectivity index (χ0v) is 14.9. The van der Waals surface area contributed by atoms with Crippen LogP contribution >= 0.6 is 0 Å². The van der Waals surface area contributed by atoms with Crippen molar-refractivity contribution in [3.8, 4) is 0 Å². The number of para-hydroxylation sites is 1. The zero-order valence-electron chi connectivity index (χ0n) is 14.1. The summed E-state index contributed by atoms with van der Waals surface area (Å²) in [6, 6.07) is 15.3. The van der Waals surface area contributed by atoms with Gasteiger partial charge in [-0.1, -0.05) is 30.3 Å². The van der Waals surface area contributed by atoms with Crippen LogP contribution in [0.4, 0.5) is 5.69 Å². The quantitative estimate of drug-likeness (QED) is 0.874. The van der Waals surface area contributed by atoms with Crippen molar-refractivity contribution < 1.29 is 13.2 Å². The van der Waals surface area contributed by atoms with Gasteiger partial charge in [0.2, 0.25) is 5.91 Å². The van der Waals surface area contributed by atoms with Crippen molar-refractivity contribution in [2.24, 2.45) is 0 Å². The van der Waals surface area contributed by atoms with E-state index in [1.165, 1.54) is 0 Å². The monoisotopic (exact) mass is 346 g/mol. The first kappa shape index (κ1) is 18.0. The first-order chi connectivity index (χ1) is 11.3. The molecule has 0 aliphatic carbocycles. The zero-order chi connectivity index (χ0) is 17.7. The molecular formula is C18H22N2O3S. The standard InChI is InChI=1S/C18H22N2O3S/c1-14(2)19-18(21)13-20(16-9-5-4-6-10-16)24(22,23)17-11-7-8-15(3)12-17/h4-12,14H,13H2,1-3H3,(H,19,21). The van der Waals surface area contributed by atoms with Gasteiger partial charge in [0.05, 0.1) is 10.6 Å². The lowest BCUT2D eigenvalue weighted by molar-refractivity contribution is -0.120. The minimum Gasteiger partial charge on any atom is -0.352 e. The third-order valence-corrected chi connectivity index (χ3v) is 5.13. The summed E-state index contributed by atoms with van der Waals surface area (Å²) in [7, 11) is -3.83. The van der Waals surface area contributed by atoms with Crippen LogP contribution in [-0.2, 0) is 14.8 Å². The van der Waals surface area contributed by atoms with E-state index in [4.69, 9.17) is 0 Å². The Hall–Kier alpha value is -2.34. The van der Waals surface area contributed by atoms with E-state index in [0.717, 1.165) is 9.87 Å². The molecular weight excluding hydrogens is 324 g/mol. The minimum atomic E-state index is -3.83. The number of anilines is 1. The van der Waals surface area contributed by atoms with Crippen LogP contribution in [0.1, 0.15) is 19.4 Å². The number of rotatable bonds is 6. The summed E-state index contributed by atoms with van der Waals surface area (Å²) in [4.78, 5) is 12.3. The summed E-state index contributed by atoms with van der Waals surface area (Å²) in [6.45, 7) is 5.23. The molecule has 0 saturated heterocycles. The van der Waals surface area contributed by atoms with Crippen molar-refractivity contribution in [3.05, 3.63) is 60.2 Å². The van der Waals surface area contributed by atoms with Gasteiger partial charge in [0, 0.05) is 6.04 Å². The van der Waals surface area contributed by atoms with Crippen molar-refractivity contribution >= 4 is 21.6 Å². The topological polar surface area (TPSA) is 66.5 Å². The highest BCUT2D eigenvalue weighted by Crippen LogP contribution is 2.23. The number of carbonyl (C=O) groups is 1. The fourth-order valence-electron chi connectivity index (χ4n) is 2.31. The molecule has 0 unspecified atom stereocenters. The van der Waals surface area contributed by atoms with E-state index in [1.54, 1.807) is 48.5 Å². The average Bonchev–Trinajstić information content (AvgIpc) is 2.52. The summed E-state index contributed by atoms with van der Waals surface area (Å²) in [5.41, 5.74) is 1.30. The number of benzene rings is 2. The predicted octanol–water partition coefficient (Wildman–Crippen LogP) is 2.71. The Kier molecular flexibility index (Phi) is 5.62. The molecule has 2 aromatic carbocycles. The van der Waals surface area contributed by atoms with Crippen LogP contribution < -0.4 is 9.62 Å². The normalized spacial score (nSPS) is 11.3. The van der Waals surface area contributed by atoms with Crippen LogP contribution in [-0.4, -0.2) is 26.9 Å². The SMILES string of the molecule is Cc1cccc(S(=O)(=O)N(CC(=O)NC(C)C)c2ccccc2)c1. The molecule has 0 radical (unpaired) electrons. The Bertz CT molecular complexity index is 802. The van der Waals surface area contributed by atoms with Crippen LogP contribution in [0.25, 0.3) is 0 Å². The lowest BCUT2D eigenvalue weighted by Crippen LogP contribution is -2.42. The molecule has 0 aromatic heterocycles. The van der Waals surface area contributed by atoms with E-state index in [-0.39, 0.29) is 23.4 Å². The van der Waals surface area contributed by atoms with E-state index in [9.17, 15) is 13.2 Å². The van der Waals surface area contributed by atoms with Gasteiger partial charge in [0.25, 0.3) is 10.0 Å². The van der Waals surface area contributed by atoms with Crippen LogP contribution in [0.5, 0.6) is 0 Å². The number of hydrogen-bond donors (Lipinski definition) is 1. The van der Waals surface area contributed by atoms with Crippen LogP contribution in [0, 0.1) is 6.92 Å². The molecule has 0 aliphatic heterocycles. The maximum atomic E-state index is 13.1. The van der Waals surface area contributed by atoms with Gasteiger partial charge in [-0.2, -0.15) is 0 Å². The smallest absolute Gasteiger partial charge is 0.264 e. The summed E-state index contributed by atoms with van der Waals surface area (Å²) >= 11 is 0. The lowest BCUT2D eigenvalue weighted by Gasteiger charge is -2.24. The van der Waals surface area contributed by atoms with E-state index >= 15 is 0 Å². The van der Waals surface area contributed by atoms with Crippen molar-refractivity contribution in [1.82, 2.24) is 5.32 Å². The third-order valence-electron chi connectivity index (χ3n) is 3.36. The molecule has 0 saturated carbocycles. The van der Waals surface area contributed by atoms with E-state index < -0.39 is 10.0 Å². The summed E-state index contributed by atoms with van der Waals surface area (Å²) in [6.07, 6.45) is 0. The molecule has 2 aromatic rings. The number of amides is 1. The maximum Gasteiger partial charge on any atom is 0.264 e. The van der Waals surface area contributed by atoms with E-state index in [2.05, 4.69) is 5.32 Å². The Morgan fingerprint density at radius 3 is 2.33 bits per heavy atom. The van der Waals surface area contributed by atoms with Crippen molar-refractivity contribution in [3.63, 3.8) is 0 Å². The first-order valence-electron chi connectivity index (χ1n) is 7.74. The van der Waals surface area contributed by atoms with E-state index in [0.29, 0.717) is 5.69 Å². The Labute approximate surface area is 143 Å². The van der Waals surface area contributed by atoms with Gasteiger partial charge in [0.15, 0.2) is 0 Å². The Morgan fingerprint density at radius 2 is 1.75 bits per heavy atom. The molecule has 5 nitrogen and oxygen atoms in total. The van der Waals surface area contributed by atoms with Crippen LogP contribution in [0.3, 0.4) is 0 Å². The summed E-state index contributed by atoms with van der Waals surface area (Å²) < 4.78 is 27.2. The Morgan fingerprint density at radius 1 is 1.08 bits per heavy atom. The van der Waals surface area contributed by atoms with Gasteiger partial charge in [-0.15, -0.1) is 0 Å². The first-order valence-corrected chi connectivity index (χ1v) is 9.18. The average molecular weight is 346 g/mol. The second kappa shape index (κ2) is 7.49. The van der Waals surface area contributed by atoms with Gasteiger partial charge in [0.1, 0.15) is 6.54 Å². The van der Waals surface area contributed by atoms with Crippen LogP contribution in [0.15, 0.2) is 59.5 Å². The molecule has 0 aliphatic rings. The fourth-order valence-corrected chi connectivity index (χ4v) is 3.84. The molecule has 2 rings (SSSR count). The second-order valence-electron chi connectivity index (χ2n) is 5.89. The van der Waals surface area contributed by atoms with Gasteiger partial charge in [-0.3, -0.25) is 9.10 Å². The number of carbonyl (C=O) groups excluding carboxylic acids is 1. The highest BCUT2D eigenvalue weighted by atomic mass is 32.2. The van der Waals surface area contributed by atoms with Gasteiger partial charge in [-0.05, 0) is 50.6 Å². The summed E-state index contributed by atoms with van der Waals surface area (Å²) in [5, 5.41) is 2.73. The highest BCUT2D eigenvalue weighted by molar-refractivity contribution is 7.92. The third kappa shape index (κ3) is 4.35. The second-order valence-corrected chi connectivity index (χ2v) is 7.75. The number of sulfonamides is 1. The molecule has 24 heavy (non-hydrogen) atoms. The van der Waals surface area contributed by atoms with Gasteiger partial charge >= 0.3 is 0 Å². The molecule has 0 spiro atoms. The molecule has 1 N–H and O–H groups in total. The molecule has 6 heteroatoms. The Balaban J connectivity index is 2.44. The highest BCUT2D eigenvalue weighted by Gasteiger charge is 2.27. The van der Waals surface area contributed by atoms with E-state index in [1.807, 2.05) is 26.8 Å². The van der Waals surface area contributed by atoms with Gasteiger partial charge < -0.3 is 5.32 Å². The fraction of sp³-hybridized carbons (Fsp3) is 0.278. The summed E-state index contributed by atoms with van der Waals surface area (Å²) in [5.74, 6) is -0.343. The number of nitrogens with zero attached hydrogens (tertiary/aromatic N) is 1. The molecule has 1 amide bonds. The molecule has 0 heterocycles. The van der Waals surface area contributed by atoms with Crippen molar-refractivity contribution in [2.75, 3.05) is 10.8 Å². The molecule has 0 bridgehead atoms. The molecule has 0 fully saturated rings. The maximum absolute atomic E-state index is 13.1. The van der Waals surface area contributed by atoms with Crippen LogP contribution in [0.2, 0.25) is 0 Å². The molecule has 0 atom stereocenters. The number of hydrogen-bond acceptors (Lipinski definition) is 3. The van der Waals surface area contributed by atoms with Crippen molar-refractivity contribution in [1.29, 1.82) is 0 Å². The number of aryl methyl sites for hydroxylation is 1. The molecule has 128 valence electrons. The van der Waals surface area contributed by atoms with Crippen molar-refractivity contribution in [2.45, 2.75) is 31.7 Å². The largest absolute Gasteiger partial charge is 0.352 e. The lowest BCUT2D eigenvalue weighted by atomic mass is 10.2. The minimum absolute atomic E-state index is 0.0585.